The summed E-state index contributed by atoms with van der Waals surface area (Å²) in [6.45, 7) is 4.07. The maximum Gasteiger partial charge on any atom is 0.248 e. The van der Waals surface area contributed by atoms with E-state index < -0.39 is 11.9 Å². The molecule has 0 radical (unpaired) electrons. The highest BCUT2D eigenvalue weighted by atomic mass is 16.2. The van der Waals surface area contributed by atoms with Gasteiger partial charge in [-0.1, -0.05) is 57.0 Å². The fourth-order valence-corrected chi connectivity index (χ4v) is 2.22. The van der Waals surface area contributed by atoms with Crippen LogP contribution in [0.2, 0.25) is 0 Å². The van der Waals surface area contributed by atoms with Crippen molar-refractivity contribution < 1.29 is 9.59 Å². The molecule has 1 rings (SSSR count). The summed E-state index contributed by atoms with van der Waals surface area (Å²) in [6.07, 6.45) is 3.45. The molecule has 1 unspecified atom stereocenters. The fourth-order valence-electron chi connectivity index (χ4n) is 2.22. The van der Waals surface area contributed by atoms with Crippen molar-refractivity contribution in [3.05, 3.63) is 35.9 Å². The predicted molar refractivity (Wildman–Crippen MR) is 79.8 cm³/mol. The zero-order chi connectivity index (χ0) is 15.0. The van der Waals surface area contributed by atoms with Crippen molar-refractivity contribution in [3.63, 3.8) is 0 Å². The quantitative estimate of drug-likeness (QED) is 0.804. The third-order valence-corrected chi connectivity index (χ3v) is 3.33. The lowest BCUT2D eigenvalue weighted by molar-refractivity contribution is -0.133. The lowest BCUT2D eigenvalue weighted by Gasteiger charge is -2.17. The Morgan fingerprint density at radius 1 is 1.05 bits per heavy atom. The van der Waals surface area contributed by atoms with Crippen LogP contribution in [-0.4, -0.2) is 11.8 Å². The smallest absolute Gasteiger partial charge is 0.248 e. The molecule has 0 fully saturated rings. The van der Waals surface area contributed by atoms with Gasteiger partial charge < -0.3 is 5.73 Å². The second-order valence-corrected chi connectivity index (χ2v) is 5.02. The average molecular weight is 276 g/mol. The van der Waals surface area contributed by atoms with Crippen LogP contribution in [0.25, 0.3) is 0 Å². The van der Waals surface area contributed by atoms with Gasteiger partial charge >= 0.3 is 0 Å². The van der Waals surface area contributed by atoms with E-state index in [1.54, 1.807) is 12.1 Å². The van der Waals surface area contributed by atoms with E-state index in [1.807, 2.05) is 32.0 Å². The van der Waals surface area contributed by atoms with Gasteiger partial charge in [0.15, 0.2) is 0 Å². The van der Waals surface area contributed by atoms with Gasteiger partial charge in [0.1, 0.15) is 6.04 Å². The first-order valence-electron chi connectivity index (χ1n) is 7.25. The number of nitrogens with one attached hydrogen (secondary N) is 1. The number of hydrogen-bond donors (Lipinski definition) is 2. The topological polar surface area (TPSA) is 72.2 Å². The van der Waals surface area contributed by atoms with Crippen LogP contribution in [0, 0.1) is 5.92 Å². The second-order valence-electron chi connectivity index (χ2n) is 5.02. The van der Waals surface area contributed by atoms with Crippen LogP contribution in [0.4, 0.5) is 0 Å². The maximum absolute atomic E-state index is 12.1. The normalized spacial score (nSPS) is 12.2. The Balaban J connectivity index is 2.62. The molecular formula is C16H24N2O2. The minimum Gasteiger partial charge on any atom is -0.316 e. The van der Waals surface area contributed by atoms with E-state index in [9.17, 15) is 9.59 Å². The Morgan fingerprint density at radius 3 is 2.10 bits per heavy atom. The number of carbonyl (C=O) groups is 2. The maximum atomic E-state index is 12.1. The SMILES string of the molecule is CCCC(CCC)C(=O)NC(=O)C(N)c1ccccc1. The monoisotopic (exact) mass is 276 g/mol. The largest absolute Gasteiger partial charge is 0.316 e. The van der Waals surface area contributed by atoms with Crippen LogP contribution >= 0.6 is 0 Å². The number of carbonyl (C=O) groups excluding carboxylic acids is 2. The molecule has 0 aliphatic carbocycles. The molecule has 4 nitrogen and oxygen atoms in total. The number of imide groups is 1. The van der Waals surface area contributed by atoms with E-state index in [0.29, 0.717) is 5.56 Å². The molecule has 0 saturated heterocycles. The van der Waals surface area contributed by atoms with Crippen LogP contribution in [0.15, 0.2) is 30.3 Å². The van der Waals surface area contributed by atoms with Crippen LogP contribution in [0.5, 0.6) is 0 Å². The number of hydrogen-bond acceptors (Lipinski definition) is 3. The van der Waals surface area contributed by atoms with Crippen molar-refractivity contribution in [3.8, 4) is 0 Å². The van der Waals surface area contributed by atoms with Crippen molar-refractivity contribution in [2.45, 2.75) is 45.6 Å². The molecule has 1 atom stereocenters. The van der Waals surface area contributed by atoms with Gasteiger partial charge in [0, 0.05) is 5.92 Å². The molecule has 20 heavy (non-hydrogen) atoms. The zero-order valence-corrected chi connectivity index (χ0v) is 12.3. The molecule has 0 saturated carbocycles. The molecule has 4 heteroatoms. The van der Waals surface area contributed by atoms with Gasteiger partial charge in [-0.3, -0.25) is 14.9 Å². The first-order chi connectivity index (χ1) is 9.60. The lowest BCUT2D eigenvalue weighted by Crippen LogP contribution is -2.41. The molecular weight excluding hydrogens is 252 g/mol. The number of amides is 2. The lowest BCUT2D eigenvalue weighted by atomic mass is 9.97. The Hall–Kier alpha value is -1.68. The number of benzene rings is 1. The van der Waals surface area contributed by atoms with E-state index in [0.717, 1.165) is 25.7 Å². The Morgan fingerprint density at radius 2 is 1.60 bits per heavy atom. The molecule has 1 aromatic carbocycles. The van der Waals surface area contributed by atoms with Gasteiger partial charge in [-0.2, -0.15) is 0 Å². The van der Waals surface area contributed by atoms with Crippen LogP contribution in [0.1, 0.15) is 51.1 Å². The molecule has 0 aliphatic rings. The summed E-state index contributed by atoms with van der Waals surface area (Å²) >= 11 is 0. The summed E-state index contributed by atoms with van der Waals surface area (Å²) in [5, 5.41) is 2.45. The number of rotatable bonds is 7. The van der Waals surface area contributed by atoms with Gasteiger partial charge in [0.25, 0.3) is 0 Å². The highest BCUT2D eigenvalue weighted by Crippen LogP contribution is 2.15. The Bertz CT molecular complexity index is 425. The summed E-state index contributed by atoms with van der Waals surface area (Å²) in [4.78, 5) is 24.1. The first-order valence-corrected chi connectivity index (χ1v) is 7.25. The minimum atomic E-state index is -0.802. The van der Waals surface area contributed by atoms with Crippen LogP contribution < -0.4 is 11.1 Å². The molecule has 0 heterocycles. The zero-order valence-electron chi connectivity index (χ0n) is 12.3. The molecule has 2 amide bonds. The Kier molecular flexibility index (Phi) is 6.94. The molecule has 1 aromatic rings. The summed E-state index contributed by atoms with van der Waals surface area (Å²) in [5.74, 6) is -0.736. The van der Waals surface area contributed by atoms with Crippen molar-refractivity contribution in [2.24, 2.45) is 11.7 Å². The van der Waals surface area contributed by atoms with E-state index in [2.05, 4.69) is 5.32 Å². The first kappa shape index (κ1) is 16.4. The highest BCUT2D eigenvalue weighted by Gasteiger charge is 2.22. The van der Waals surface area contributed by atoms with Gasteiger partial charge in [-0.25, -0.2) is 0 Å². The van der Waals surface area contributed by atoms with E-state index in [4.69, 9.17) is 5.73 Å². The third kappa shape index (κ3) is 4.78. The Labute approximate surface area is 120 Å². The van der Waals surface area contributed by atoms with E-state index in [-0.39, 0.29) is 11.8 Å². The van der Waals surface area contributed by atoms with E-state index in [1.165, 1.54) is 0 Å². The van der Waals surface area contributed by atoms with Gasteiger partial charge in [0.2, 0.25) is 11.8 Å². The minimum absolute atomic E-state index is 0.100. The summed E-state index contributed by atoms with van der Waals surface area (Å²) in [7, 11) is 0. The second kappa shape index (κ2) is 8.48. The average Bonchev–Trinajstić information content (AvgIpc) is 2.47. The van der Waals surface area contributed by atoms with Crippen molar-refractivity contribution in [1.82, 2.24) is 5.32 Å². The van der Waals surface area contributed by atoms with Crippen molar-refractivity contribution in [1.29, 1.82) is 0 Å². The molecule has 0 bridgehead atoms. The van der Waals surface area contributed by atoms with E-state index >= 15 is 0 Å². The predicted octanol–water partition coefficient (Wildman–Crippen LogP) is 2.55. The number of nitrogens with two attached hydrogens (primary N) is 1. The summed E-state index contributed by atoms with van der Waals surface area (Å²) in [6, 6.07) is 8.26. The fraction of sp³-hybridized carbons (Fsp3) is 0.500. The van der Waals surface area contributed by atoms with Crippen molar-refractivity contribution in [2.75, 3.05) is 0 Å². The van der Waals surface area contributed by atoms with Gasteiger partial charge in [-0.15, -0.1) is 0 Å². The van der Waals surface area contributed by atoms with Crippen molar-refractivity contribution >= 4 is 11.8 Å². The third-order valence-electron chi connectivity index (χ3n) is 3.33. The molecule has 3 N–H and O–H groups in total. The summed E-state index contributed by atoms with van der Waals surface area (Å²) in [5.41, 5.74) is 6.58. The standard InChI is InChI=1S/C16H24N2O2/c1-3-8-13(9-4-2)15(19)18-16(20)14(17)12-10-6-5-7-11-12/h5-7,10-11,13-14H,3-4,8-9,17H2,1-2H3,(H,18,19,20). The molecule has 0 aromatic heterocycles. The summed E-state index contributed by atoms with van der Waals surface area (Å²) < 4.78 is 0. The van der Waals surface area contributed by atoms with Gasteiger partial charge in [-0.05, 0) is 18.4 Å². The molecule has 0 aliphatic heterocycles. The van der Waals surface area contributed by atoms with Crippen LogP contribution in [-0.2, 0) is 9.59 Å². The molecule has 0 spiro atoms. The molecule has 110 valence electrons. The van der Waals surface area contributed by atoms with Crippen LogP contribution in [0.3, 0.4) is 0 Å². The van der Waals surface area contributed by atoms with Gasteiger partial charge in [0.05, 0.1) is 0 Å². The highest BCUT2D eigenvalue weighted by molar-refractivity contribution is 5.98.